The zero-order chi connectivity index (χ0) is 25.9. The van der Waals surface area contributed by atoms with Crippen LogP contribution in [0.1, 0.15) is 4.88 Å². The van der Waals surface area contributed by atoms with Crippen LogP contribution in [0.25, 0.3) is 76.6 Å². The van der Waals surface area contributed by atoms with E-state index in [0.29, 0.717) is 4.88 Å². The predicted molar refractivity (Wildman–Crippen MR) is 163 cm³/mol. The molecule has 1 aliphatic carbocycles. The first-order valence-electron chi connectivity index (χ1n) is 13.0. The highest BCUT2D eigenvalue weighted by molar-refractivity contribution is 7.15. The van der Waals surface area contributed by atoms with E-state index in [2.05, 4.69) is 126 Å². The molecule has 0 atom stereocenters. The number of hydrogen-bond acceptors (Lipinski definition) is 3. The Bertz CT molecular complexity index is 2020. The fourth-order valence-electron chi connectivity index (χ4n) is 6.25. The molecule has 0 fully saturated rings. The first kappa shape index (κ1) is 22.0. The SMILES string of the molecule is N#Cc1cnc(-c2ccc3c4c(cccc24)-c2c-3c(-c3ccccc3)c3ccccc3c2-c2ccccc2)s1. The quantitative estimate of drug-likeness (QED) is 0.236. The Balaban J connectivity index is 1.57. The van der Waals surface area contributed by atoms with Gasteiger partial charge >= 0.3 is 0 Å². The molecule has 39 heavy (non-hydrogen) atoms. The van der Waals surface area contributed by atoms with Gasteiger partial charge in [-0.2, -0.15) is 5.26 Å². The van der Waals surface area contributed by atoms with Crippen LogP contribution in [-0.2, 0) is 0 Å². The standard InChI is InChI=1S/C36H20N2S/c37-20-24-21-38-36(39-24)28-18-19-30-33-27(28)16-9-17-29(33)34-31(22-10-3-1-4-11-22)25-14-7-8-15-26(25)32(35(30)34)23-12-5-2-6-13-23/h1-19,21H. The Labute approximate surface area is 230 Å². The van der Waals surface area contributed by atoms with Gasteiger partial charge in [0.05, 0.1) is 6.20 Å². The molecule has 0 aliphatic heterocycles. The summed E-state index contributed by atoms with van der Waals surface area (Å²) in [5.74, 6) is 0. The molecule has 6 aromatic carbocycles. The zero-order valence-electron chi connectivity index (χ0n) is 20.8. The fourth-order valence-corrected chi connectivity index (χ4v) is 7.00. The summed E-state index contributed by atoms with van der Waals surface area (Å²) in [7, 11) is 0. The summed E-state index contributed by atoms with van der Waals surface area (Å²) in [4.78, 5) is 5.23. The minimum Gasteiger partial charge on any atom is -0.243 e. The molecule has 3 heteroatoms. The molecule has 0 spiro atoms. The normalized spacial score (nSPS) is 11.6. The molecule has 180 valence electrons. The maximum absolute atomic E-state index is 9.42. The van der Waals surface area contributed by atoms with E-state index in [1.807, 2.05) is 0 Å². The van der Waals surface area contributed by atoms with Gasteiger partial charge in [0.25, 0.3) is 0 Å². The largest absolute Gasteiger partial charge is 0.243 e. The van der Waals surface area contributed by atoms with Crippen LogP contribution in [0.15, 0.2) is 121 Å². The maximum atomic E-state index is 9.42. The molecule has 0 bridgehead atoms. The lowest BCUT2D eigenvalue weighted by molar-refractivity contribution is 1.40. The number of benzene rings is 6. The molecule has 0 saturated heterocycles. The molecular formula is C36H20N2S. The number of aromatic nitrogens is 1. The Morgan fingerprint density at radius 3 is 1.64 bits per heavy atom. The van der Waals surface area contributed by atoms with Crippen molar-refractivity contribution in [2.45, 2.75) is 0 Å². The van der Waals surface area contributed by atoms with E-state index in [-0.39, 0.29) is 0 Å². The highest BCUT2D eigenvalue weighted by atomic mass is 32.1. The van der Waals surface area contributed by atoms with Crippen LogP contribution >= 0.6 is 11.3 Å². The van der Waals surface area contributed by atoms with Crippen molar-refractivity contribution in [3.63, 3.8) is 0 Å². The molecule has 0 N–H and O–H groups in total. The first-order chi connectivity index (χ1) is 19.3. The Hall–Kier alpha value is -5.04. The molecule has 1 aliphatic rings. The van der Waals surface area contributed by atoms with Crippen LogP contribution in [0.5, 0.6) is 0 Å². The summed E-state index contributed by atoms with van der Waals surface area (Å²) in [6.07, 6.45) is 1.67. The van der Waals surface area contributed by atoms with Crippen LogP contribution < -0.4 is 0 Å². The third-order valence-corrected chi connectivity index (χ3v) is 8.70. The van der Waals surface area contributed by atoms with E-state index in [1.165, 1.54) is 77.4 Å². The summed E-state index contributed by atoms with van der Waals surface area (Å²) in [6.45, 7) is 0. The van der Waals surface area contributed by atoms with Crippen molar-refractivity contribution < 1.29 is 0 Å². The smallest absolute Gasteiger partial charge is 0.125 e. The molecule has 2 nitrogen and oxygen atoms in total. The Kier molecular flexibility index (Phi) is 4.79. The average molecular weight is 513 g/mol. The fraction of sp³-hybridized carbons (Fsp3) is 0. The predicted octanol–water partition coefficient (Wildman–Crippen LogP) is 9.97. The highest BCUT2D eigenvalue weighted by Gasteiger charge is 2.31. The highest BCUT2D eigenvalue weighted by Crippen LogP contribution is 2.58. The maximum Gasteiger partial charge on any atom is 0.125 e. The molecule has 0 amide bonds. The third-order valence-electron chi connectivity index (χ3n) is 7.77. The summed E-state index contributed by atoms with van der Waals surface area (Å²) in [6, 6.07) is 43.6. The van der Waals surface area contributed by atoms with Crippen LogP contribution in [-0.4, -0.2) is 4.98 Å². The topological polar surface area (TPSA) is 36.7 Å². The minimum absolute atomic E-state index is 0.625. The lowest BCUT2D eigenvalue weighted by atomic mass is 9.82. The molecule has 1 aromatic heterocycles. The van der Waals surface area contributed by atoms with Crippen molar-refractivity contribution in [1.82, 2.24) is 4.98 Å². The first-order valence-corrected chi connectivity index (χ1v) is 13.8. The van der Waals surface area contributed by atoms with Gasteiger partial charge in [-0.05, 0) is 66.1 Å². The Morgan fingerprint density at radius 1 is 0.513 bits per heavy atom. The van der Waals surface area contributed by atoms with Crippen molar-refractivity contribution in [1.29, 1.82) is 5.26 Å². The molecule has 0 unspecified atom stereocenters. The second kappa shape index (κ2) is 8.49. The van der Waals surface area contributed by atoms with Crippen LogP contribution in [0.2, 0.25) is 0 Å². The van der Waals surface area contributed by atoms with E-state index in [4.69, 9.17) is 0 Å². The van der Waals surface area contributed by atoms with Crippen molar-refractivity contribution in [2.75, 3.05) is 0 Å². The van der Waals surface area contributed by atoms with Gasteiger partial charge in [-0.1, -0.05) is 115 Å². The van der Waals surface area contributed by atoms with Crippen LogP contribution in [0, 0.1) is 11.3 Å². The van der Waals surface area contributed by atoms with Crippen molar-refractivity contribution in [3.8, 4) is 61.1 Å². The number of hydrogen-bond donors (Lipinski definition) is 0. The van der Waals surface area contributed by atoms with Crippen LogP contribution in [0.3, 0.4) is 0 Å². The number of fused-ring (bicyclic) bond motifs is 4. The molecule has 0 saturated carbocycles. The van der Waals surface area contributed by atoms with Gasteiger partial charge in [0.1, 0.15) is 16.0 Å². The van der Waals surface area contributed by atoms with E-state index in [9.17, 15) is 5.26 Å². The lowest BCUT2D eigenvalue weighted by Gasteiger charge is -2.20. The van der Waals surface area contributed by atoms with Crippen molar-refractivity contribution >= 4 is 32.9 Å². The number of thiazole rings is 1. The van der Waals surface area contributed by atoms with Gasteiger partial charge in [-0.15, -0.1) is 11.3 Å². The van der Waals surface area contributed by atoms with Gasteiger partial charge in [-0.25, -0.2) is 4.98 Å². The van der Waals surface area contributed by atoms with Gasteiger partial charge in [0, 0.05) is 5.56 Å². The molecular weight excluding hydrogens is 492 g/mol. The molecule has 1 heterocycles. The number of nitrogens with zero attached hydrogens (tertiary/aromatic N) is 2. The molecule has 7 aromatic rings. The van der Waals surface area contributed by atoms with Crippen molar-refractivity contribution in [3.05, 3.63) is 126 Å². The van der Waals surface area contributed by atoms with E-state index < -0.39 is 0 Å². The van der Waals surface area contributed by atoms with E-state index in [0.717, 1.165) is 10.6 Å². The van der Waals surface area contributed by atoms with Gasteiger partial charge < -0.3 is 0 Å². The molecule has 8 rings (SSSR count). The summed E-state index contributed by atoms with van der Waals surface area (Å²) >= 11 is 1.45. The van der Waals surface area contributed by atoms with Gasteiger partial charge in [0.15, 0.2) is 0 Å². The van der Waals surface area contributed by atoms with Gasteiger partial charge in [-0.3, -0.25) is 0 Å². The minimum atomic E-state index is 0.625. The lowest BCUT2D eigenvalue weighted by Crippen LogP contribution is -1.93. The van der Waals surface area contributed by atoms with E-state index >= 15 is 0 Å². The summed E-state index contributed by atoms with van der Waals surface area (Å²) < 4.78 is 0. The van der Waals surface area contributed by atoms with Gasteiger partial charge in [0.2, 0.25) is 0 Å². The second-order valence-electron chi connectivity index (χ2n) is 9.81. The molecule has 0 radical (unpaired) electrons. The summed E-state index contributed by atoms with van der Waals surface area (Å²) in [5, 5.41) is 15.2. The second-order valence-corrected chi connectivity index (χ2v) is 10.8. The zero-order valence-corrected chi connectivity index (χ0v) is 21.7. The third kappa shape index (κ3) is 3.16. The van der Waals surface area contributed by atoms with Crippen molar-refractivity contribution in [2.24, 2.45) is 0 Å². The van der Waals surface area contributed by atoms with E-state index in [1.54, 1.807) is 6.20 Å². The average Bonchev–Trinajstić information content (AvgIpc) is 3.61. The number of rotatable bonds is 3. The monoisotopic (exact) mass is 512 g/mol. The van der Waals surface area contributed by atoms with Crippen LogP contribution in [0.4, 0.5) is 0 Å². The Morgan fingerprint density at radius 2 is 1.05 bits per heavy atom. The number of nitriles is 1. The summed E-state index contributed by atoms with van der Waals surface area (Å²) in [5.41, 5.74) is 11.1.